The zero-order valence-corrected chi connectivity index (χ0v) is 30.4. The van der Waals surface area contributed by atoms with Gasteiger partial charge in [0.2, 0.25) is 0 Å². The highest BCUT2D eigenvalue weighted by molar-refractivity contribution is 5.89. The van der Waals surface area contributed by atoms with E-state index in [1.54, 1.807) is 0 Å². The van der Waals surface area contributed by atoms with Crippen LogP contribution in [-0.2, 0) is 21.7 Å². The Balaban J connectivity index is 1.89. The molecule has 0 radical (unpaired) electrons. The van der Waals surface area contributed by atoms with Crippen LogP contribution < -0.4 is 21.3 Å². The topological polar surface area (TPSA) is 129 Å². The van der Waals surface area contributed by atoms with Crippen molar-refractivity contribution < 1.29 is 20.4 Å². The molecule has 1 aliphatic heterocycles. The maximum atomic E-state index is 11.7. The molecule has 8 N–H and O–H groups in total. The van der Waals surface area contributed by atoms with Crippen LogP contribution in [-0.4, -0.2) is 20.4 Å². The standard InChI is InChI=1S/C40H52N4O4/c1-37(2,3)21-13-25-33(45)26(14-21)42-28-16-23(39(7,8)9)18-30(35(28)47)44-32-20-24(40(10,11)12)19-31(36(32)48)43-29-17-22(38(4,5)6)15-27(41-25)34(29)46/h13-20,41-48H,1-12H3. The van der Waals surface area contributed by atoms with Crippen LogP contribution in [0.3, 0.4) is 0 Å². The summed E-state index contributed by atoms with van der Waals surface area (Å²) in [4.78, 5) is 0. The van der Waals surface area contributed by atoms with E-state index in [1.165, 1.54) is 0 Å². The molecule has 0 amide bonds. The fourth-order valence-corrected chi connectivity index (χ4v) is 5.61. The molecular weight excluding hydrogens is 600 g/mol. The van der Waals surface area contributed by atoms with Crippen molar-refractivity contribution in [2.75, 3.05) is 21.3 Å². The highest BCUT2D eigenvalue weighted by atomic mass is 16.3. The Kier molecular flexibility index (Phi) is 8.27. The number of phenolic OH excluding ortho intramolecular Hbond substituents is 4. The van der Waals surface area contributed by atoms with Crippen LogP contribution in [0.4, 0.5) is 45.5 Å². The van der Waals surface area contributed by atoms with Crippen LogP contribution in [0.25, 0.3) is 0 Å². The summed E-state index contributed by atoms with van der Waals surface area (Å²) in [7, 11) is 0. The largest absolute Gasteiger partial charge is 0.504 e. The molecule has 1 heterocycles. The van der Waals surface area contributed by atoms with Crippen LogP contribution >= 0.6 is 0 Å². The number of hydrogen-bond donors (Lipinski definition) is 8. The fourth-order valence-electron chi connectivity index (χ4n) is 5.61. The Hall–Kier alpha value is -4.72. The summed E-state index contributed by atoms with van der Waals surface area (Å²) in [6.07, 6.45) is 0. The van der Waals surface area contributed by atoms with Gasteiger partial charge < -0.3 is 41.7 Å². The van der Waals surface area contributed by atoms with E-state index in [1.807, 2.05) is 48.5 Å². The Morgan fingerprint density at radius 2 is 0.417 bits per heavy atom. The minimum atomic E-state index is -0.295. The first-order valence-corrected chi connectivity index (χ1v) is 16.5. The highest BCUT2D eigenvalue weighted by Gasteiger charge is 2.27. The second-order valence-electron chi connectivity index (χ2n) is 17.2. The Morgan fingerprint density at radius 3 is 0.521 bits per heavy atom. The van der Waals surface area contributed by atoms with Crippen molar-refractivity contribution in [1.82, 2.24) is 0 Å². The van der Waals surface area contributed by atoms with Crippen LogP contribution in [0.1, 0.15) is 105 Å². The molecule has 256 valence electrons. The smallest absolute Gasteiger partial charge is 0.162 e. The second-order valence-corrected chi connectivity index (χ2v) is 17.2. The summed E-state index contributed by atoms with van der Waals surface area (Å²) in [6, 6.07) is 15.0. The maximum absolute atomic E-state index is 11.7. The van der Waals surface area contributed by atoms with Gasteiger partial charge in [-0.15, -0.1) is 0 Å². The molecule has 0 atom stereocenters. The molecule has 8 nitrogen and oxygen atoms in total. The van der Waals surface area contributed by atoms with Crippen LogP contribution in [0, 0.1) is 0 Å². The number of benzene rings is 4. The van der Waals surface area contributed by atoms with Gasteiger partial charge in [0.05, 0.1) is 45.5 Å². The molecule has 0 saturated carbocycles. The zero-order chi connectivity index (χ0) is 35.7. The average Bonchev–Trinajstić information content (AvgIpc) is 2.93. The first-order valence-electron chi connectivity index (χ1n) is 16.5. The SMILES string of the molecule is CC(C)(C)c1cc2c(O)c(c1)Nc1cc(C(C)(C)C)cc(c1O)Nc1cc(C(C)(C)C)cc(c1O)Nc1cc(C(C)(C)C)cc(c1O)N2. The van der Waals surface area contributed by atoms with Crippen molar-refractivity contribution in [2.45, 2.75) is 105 Å². The van der Waals surface area contributed by atoms with E-state index in [0.717, 1.165) is 22.3 Å². The number of anilines is 8. The molecule has 0 fully saturated rings. The van der Waals surface area contributed by atoms with E-state index in [2.05, 4.69) is 104 Å². The van der Waals surface area contributed by atoms with Gasteiger partial charge in [-0.2, -0.15) is 0 Å². The molecule has 4 aromatic carbocycles. The molecule has 8 bridgehead atoms. The van der Waals surface area contributed by atoms with E-state index in [0.29, 0.717) is 45.5 Å². The lowest BCUT2D eigenvalue weighted by atomic mass is 9.85. The molecule has 0 unspecified atom stereocenters. The van der Waals surface area contributed by atoms with Gasteiger partial charge in [0, 0.05) is 0 Å². The number of fused-ring (bicyclic) bond motifs is 8. The van der Waals surface area contributed by atoms with Crippen LogP contribution in [0.2, 0.25) is 0 Å². The van der Waals surface area contributed by atoms with Crippen molar-refractivity contribution in [3.63, 3.8) is 0 Å². The molecule has 0 aliphatic carbocycles. The molecule has 0 aromatic heterocycles. The van der Waals surface area contributed by atoms with Gasteiger partial charge >= 0.3 is 0 Å². The lowest BCUT2D eigenvalue weighted by Crippen LogP contribution is -2.15. The summed E-state index contributed by atoms with van der Waals surface area (Å²) >= 11 is 0. The van der Waals surface area contributed by atoms with Crippen molar-refractivity contribution in [1.29, 1.82) is 0 Å². The minimum absolute atomic E-state index is 0.0714. The van der Waals surface area contributed by atoms with Gasteiger partial charge in [-0.1, -0.05) is 83.1 Å². The van der Waals surface area contributed by atoms with Crippen molar-refractivity contribution in [3.8, 4) is 23.0 Å². The molecule has 8 heteroatoms. The van der Waals surface area contributed by atoms with Crippen LogP contribution in [0.5, 0.6) is 23.0 Å². The van der Waals surface area contributed by atoms with E-state index < -0.39 is 0 Å². The summed E-state index contributed by atoms with van der Waals surface area (Å²) in [6.45, 7) is 25.1. The molecule has 0 spiro atoms. The number of phenols is 4. The molecule has 48 heavy (non-hydrogen) atoms. The van der Waals surface area contributed by atoms with Gasteiger partial charge in [0.1, 0.15) is 0 Å². The number of nitrogens with one attached hydrogen (secondary N) is 4. The van der Waals surface area contributed by atoms with Crippen molar-refractivity contribution in [2.24, 2.45) is 0 Å². The van der Waals surface area contributed by atoms with Crippen LogP contribution in [0.15, 0.2) is 48.5 Å². The molecule has 4 aromatic rings. The molecule has 0 saturated heterocycles. The Morgan fingerprint density at radius 1 is 0.292 bits per heavy atom. The first-order chi connectivity index (χ1) is 21.9. The van der Waals surface area contributed by atoms with Gasteiger partial charge in [-0.05, 0) is 92.4 Å². The molecule has 1 aliphatic rings. The predicted octanol–water partition coefficient (Wildman–Crippen LogP) is 11.0. The Labute approximate surface area is 285 Å². The zero-order valence-electron chi connectivity index (χ0n) is 30.4. The molecule has 5 rings (SSSR count). The first kappa shape index (κ1) is 34.6. The summed E-state index contributed by atoms with van der Waals surface area (Å²) < 4.78 is 0. The third-order valence-corrected chi connectivity index (χ3v) is 8.98. The predicted molar refractivity (Wildman–Crippen MR) is 200 cm³/mol. The van der Waals surface area contributed by atoms with Gasteiger partial charge in [0.25, 0.3) is 0 Å². The molecular formula is C40H52N4O4. The Bertz CT molecular complexity index is 1530. The monoisotopic (exact) mass is 652 g/mol. The lowest BCUT2D eigenvalue weighted by Gasteiger charge is -2.28. The van der Waals surface area contributed by atoms with E-state index in [-0.39, 0.29) is 44.7 Å². The van der Waals surface area contributed by atoms with E-state index in [4.69, 9.17) is 0 Å². The number of hydrogen-bond acceptors (Lipinski definition) is 8. The average molecular weight is 653 g/mol. The van der Waals surface area contributed by atoms with E-state index >= 15 is 0 Å². The fraction of sp³-hybridized carbons (Fsp3) is 0.400. The third kappa shape index (κ3) is 6.80. The van der Waals surface area contributed by atoms with Crippen molar-refractivity contribution in [3.05, 3.63) is 70.8 Å². The van der Waals surface area contributed by atoms with Gasteiger partial charge in [-0.25, -0.2) is 0 Å². The maximum Gasteiger partial charge on any atom is 0.162 e. The quantitative estimate of drug-likeness (QED) is 0.0776. The summed E-state index contributed by atoms with van der Waals surface area (Å²) in [5.74, 6) is -0.285. The minimum Gasteiger partial charge on any atom is -0.504 e. The lowest BCUT2D eigenvalue weighted by molar-refractivity contribution is 0.474. The van der Waals surface area contributed by atoms with Gasteiger partial charge in [-0.3, -0.25) is 0 Å². The van der Waals surface area contributed by atoms with Crippen molar-refractivity contribution >= 4 is 45.5 Å². The van der Waals surface area contributed by atoms with E-state index in [9.17, 15) is 20.4 Å². The summed E-state index contributed by atoms with van der Waals surface area (Å²) in [5.41, 5.74) is 5.59. The second kappa shape index (κ2) is 11.5. The third-order valence-electron chi connectivity index (χ3n) is 8.98. The number of rotatable bonds is 0. The summed E-state index contributed by atoms with van der Waals surface area (Å²) in [5, 5.41) is 60.3. The number of aromatic hydroxyl groups is 4. The van der Waals surface area contributed by atoms with Gasteiger partial charge in [0.15, 0.2) is 23.0 Å². The highest BCUT2D eigenvalue weighted by Crippen LogP contribution is 2.49. The normalized spacial score (nSPS) is 13.6.